The normalized spacial score (nSPS) is 12.4. The summed E-state index contributed by atoms with van der Waals surface area (Å²) < 4.78 is 31.4. The second-order valence-corrected chi connectivity index (χ2v) is 5.58. The first-order valence-corrected chi connectivity index (χ1v) is 7.27. The van der Waals surface area contributed by atoms with Crippen LogP contribution >= 0.6 is 15.9 Å². The third-order valence-corrected chi connectivity index (χ3v) is 3.62. The SMILES string of the molecule is CCCCC(Br)CCCOc1cccc(F)c1F. The first-order chi connectivity index (χ1) is 8.65. The highest BCUT2D eigenvalue weighted by atomic mass is 79.9. The average molecular weight is 321 g/mol. The van der Waals surface area contributed by atoms with E-state index in [0.717, 1.165) is 25.3 Å². The van der Waals surface area contributed by atoms with Gasteiger partial charge < -0.3 is 4.74 Å². The van der Waals surface area contributed by atoms with Crippen LogP contribution in [-0.2, 0) is 0 Å². The van der Waals surface area contributed by atoms with Gasteiger partial charge in [0.15, 0.2) is 11.6 Å². The Balaban J connectivity index is 2.23. The number of ether oxygens (including phenoxy) is 1. The maximum absolute atomic E-state index is 13.2. The third-order valence-electron chi connectivity index (χ3n) is 2.71. The van der Waals surface area contributed by atoms with E-state index in [1.807, 2.05) is 0 Å². The summed E-state index contributed by atoms with van der Waals surface area (Å²) in [5.41, 5.74) is 0. The van der Waals surface area contributed by atoms with Crippen molar-refractivity contribution < 1.29 is 13.5 Å². The van der Waals surface area contributed by atoms with E-state index in [1.165, 1.54) is 25.0 Å². The number of halogens is 3. The molecule has 0 radical (unpaired) electrons. The fourth-order valence-electron chi connectivity index (χ4n) is 1.65. The van der Waals surface area contributed by atoms with Crippen molar-refractivity contribution in [1.82, 2.24) is 0 Å². The van der Waals surface area contributed by atoms with Crippen molar-refractivity contribution in [2.45, 2.75) is 43.9 Å². The monoisotopic (exact) mass is 320 g/mol. The van der Waals surface area contributed by atoms with Crippen molar-refractivity contribution >= 4 is 15.9 Å². The van der Waals surface area contributed by atoms with Gasteiger partial charge in [0.05, 0.1) is 6.61 Å². The van der Waals surface area contributed by atoms with Crippen LogP contribution in [0.4, 0.5) is 8.78 Å². The van der Waals surface area contributed by atoms with Gasteiger partial charge in [-0.25, -0.2) is 4.39 Å². The Morgan fingerprint density at radius 2 is 1.94 bits per heavy atom. The van der Waals surface area contributed by atoms with Crippen LogP contribution in [0.5, 0.6) is 5.75 Å². The van der Waals surface area contributed by atoms with E-state index in [1.54, 1.807) is 0 Å². The van der Waals surface area contributed by atoms with Gasteiger partial charge >= 0.3 is 0 Å². The highest BCUT2D eigenvalue weighted by molar-refractivity contribution is 9.09. The predicted molar refractivity (Wildman–Crippen MR) is 73.3 cm³/mol. The van der Waals surface area contributed by atoms with E-state index in [9.17, 15) is 8.78 Å². The Hall–Kier alpha value is -0.640. The number of benzene rings is 1. The van der Waals surface area contributed by atoms with Crippen LogP contribution in [0.2, 0.25) is 0 Å². The summed E-state index contributed by atoms with van der Waals surface area (Å²) in [6.07, 6.45) is 5.35. The lowest BCUT2D eigenvalue weighted by Crippen LogP contribution is -2.04. The molecule has 1 aromatic rings. The Morgan fingerprint density at radius 3 is 2.67 bits per heavy atom. The van der Waals surface area contributed by atoms with Gasteiger partial charge in [0.1, 0.15) is 0 Å². The number of hydrogen-bond acceptors (Lipinski definition) is 1. The number of alkyl halides is 1. The van der Waals surface area contributed by atoms with Gasteiger partial charge in [0.2, 0.25) is 5.82 Å². The second-order valence-electron chi connectivity index (χ2n) is 4.28. The molecule has 1 unspecified atom stereocenters. The van der Waals surface area contributed by atoms with Crippen molar-refractivity contribution in [3.8, 4) is 5.75 Å². The Bertz CT molecular complexity index is 358. The number of hydrogen-bond donors (Lipinski definition) is 0. The van der Waals surface area contributed by atoms with E-state index >= 15 is 0 Å². The van der Waals surface area contributed by atoms with E-state index < -0.39 is 11.6 Å². The zero-order valence-electron chi connectivity index (χ0n) is 10.6. The minimum absolute atomic E-state index is 0.00493. The molecular formula is C14H19BrF2O. The first-order valence-electron chi connectivity index (χ1n) is 6.36. The zero-order valence-corrected chi connectivity index (χ0v) is 12.2. The van der Waals surface area contributed by atoms with E-state index in [2.05, 4.69) is 22.9 Å². The minimum Gasteiger partial charge on any atom is -0.490 e. The quantitative estimate of drug-likeness (QED) is 0.479. The molecule has 1 atom stereocenters. The molecule has 102 valence electrons. The highest BCUT2D eigenvalue weighted by Crippen LogP contribution is 2.20. The van der Waals surface area contributed by atoms with Gasteiger partial charge in [-0.15, -0.1) is 0 Å². The van der Waals surface area contributed by atoms with Crippen molar-refractivity contribution in [3.63, 3.8) is 0 Å². The zero-order chi connectivity index (χ0) is 13.4. The van der Waals surface area contributed by atoms with Gasteiger partial charge in [0.25, 0.3) is 0 Å². The molecule has 0 aliphatic heterocycles. The smallest absolute Gasteiger partial charge is 0.200 e. The second kappa shape index (κ2) is 8.46. The summed E-state index contributed by atoms with van der Waals surface area (Å²) in [7, 11) is 0. The van der Waals surface area contributed by atoms with Crippen molar-refractivity contribution in [2.75, 3.05) is 6.61 Å². The summed E-state index contributed by atoms with van der Waals surface area (Å²) in [4.78, 5) is 0.485. The minimum atomic E-state index is -0.904. The number of rotatable bonds is 8. The van der Waals surface area contributed by atoms with Crippen LogP contribution in [0.1, 0.15) is 39.0 Å². The fourth-order valence-corrected chi connectivity index (χ4v) is 2.30. The molecule has 1 rings (SSSR count). The molecule has 18 heavy (non-hydrogen) atoms. The Labute approximate surface area is 116 Å². The van der Waals surface area contributed by atoms with Crippen LogP contribution in [0, 0.1) is 11.6 Å². The third kappa shape index (κ3) is 5.34. The molecule has 0 bridgehead atoms. The van der Waals surface area contributed by atoms with E-state index in [4.69, 9.17) is 4.74 Å². The van der Waals surface area contributed by atoms with Gasteiger partial charge in [-0.3, -0.25) is 0 Å². The summed E-state index contributed by atoms with van der Waals surface area (Å²) in [6.45, 7) is 2.57. The van der Waals surface area contributed by atoms with Gasteiger partial charge in [-0.2, -0.15) is 4.39 Å². The molecule has 0 saturated carbocycles. The maximum atomic E-state index is 13.2. The van der Waals surface area contributed by atoms with Crippen LogP contribution in [0.15, 0.2) is 18.2 Å². The largest absolute Gasteiger partial charge is 0.490 e. The molecule has 1 aromatic carbocycles. The highest BCUT2D eigenvalue weighted by Gasteiger charge is 2.09. The average Bonchev–Trinajstić information content (AvgIpc) is 2.37. The van der Waals surface area contributed by atoms with Crippen LogP contribution in [-0.4, -0.2) is 11.4 Å². The summed E-state index contributed by atoms with van der Waals surface area (Å²) in [6, 6.07) is 3.98. The summed E-state index contributed by atoms with van der Waals surface area (Å²) >= 11 is 3.60. The lowest BCUT2D eigenvalue weighted by atomic mass is 10.1. The van der Waals surface area contributed by atoms with Crippen LogP contribution < -0.4 is 4.74 Å². The van der Waals surface area contributed by atoms with Crippen molar-refractivity contribution in [3.05, 3.63) is 29.8 Å². The van der Waals surface area contributed by atoms with E-state index in [-0.39, 0.29) is 5.75 Å². The summed E-state index contributed by atoms with van der Waals surface area (Å²) in [5.74, 6) is -1.78. The fraction of sp³-hybridized carbons (Fsp3) is 0.571. The molecule has 1 nitrogen and oxygen atoms in total. The Morgan fingerprint density at radius 1 is 1.22 bits per heavy atom. The molecule has 0 aliphatic carbocycles. The molecule has 0 amide bonds. The molecule has 0 spiro atoms. The molecule has 0 fully saturated rings. The van der Waals surface area contributed by atoms with Gasteiger partial charge in [0, 0.05) is 4.83 Å². The molecule has 0 saturated heterocycles. The topological polar surface area (TPSA) is 9.23 Å². The van der Waals surface area contributed by atoms with Gasteiger partial charge in [-0.1, -0.05) is 41.8 Å². The maximum Gasteiger partial charge on any atom is 0.200 e. The van der Waals surface area contributed by atoms with Crippen molar-refractivity contribution in [2.24, 2.45) is 0 Å². The van der Waals surface area contributed by atoms with Crippen LogP contribution in [0.3, 0.4) is 0 Å². The lowest BCUT2D eigenvalue weighted by molar-refractivity contribution is 0.286. The molecule has 0 N–H and O–H groups in total. The molecule has 0 heterocycles. The predicted octanol–water partition coefficient (Wildman–Crippen LogP) is 5.08. The Kier molecular flexibility index (Phi) is 7.25. The van der Waals surface area contributed by atoms with E-state index in [0.29, 0.717) is 11.4 Å². The summed E-state index contributed by atoms with van der Waals surface area (Å²) in [5, 5.41) is 0. The van der Waals surface area contributed by atoms with Crippen molar-refractivity contribution in [1.29, 1.82) is 0 Å². The van der Waals surface area contributed by atoms with Gasteiger partial charge in [-0.05, 0) is 31.4 Å². The van der Waals surface area contributed by atoms with Crippen LogP contribution in [0.25, 0.3) is 0 Å². The lowest BCUT2D eigenvalue weighted by Gasteiger charge is -2.10. The molecule has 0 aromatic heterocycles. The molecular weight excluding hydrogens is 302 g/mol. The molecule has 0 aliphatic rings. The standard InChI is InChI=1S/C14H19BrF2O/c1-2-3-6-11(15)7-5-10-18-13-9-4-8-12(16)14(13)17/h4,8-9,11H,2-3,5-7,10H2,1H3. The molecule has 4 heteroatoms. The first kappa shape index (κ1) is 15.4. The number of unbranched alkanes of at least 4 members (excludes halogenated alkanes) is 1.